The van der Waals surface area contributed by atoms with Crippen LogP contribution in [0.1, 0.15) is 24.8 Å². The van der Waals surface area contributed by atoms with E-state index in [1.54, 1.807) is 12.1 Å². The van der Waals surface area contributed by atoms with E-state index in [1.165, 1.54) is 5.57 Å². The van der Waals surface area contributed by atoms with E-state index >= 15 is 0 Å². The minimum absolute atomic E-state index is 0.270. The smallest absolute Gasteiger partial charge is 0.147 e. The van der Waals surface area contributed by atoms with E-state index in [0.29, 0.717) is 5.69 Å². The Bertz CT molecular complexity index is 830. The molecule has 1 aliphatic rings. The van der Waals surface area contributed by atoms with Crippen molar-refractivity contribution in [1.29, 1.82) is 0 Å². The van der Waals surface area contributed by atoms with Crippen molar-refractivity contribution >= 4 is 5.69 Å². The minimum Gasteiger partial charge on any atom is -0.353 e. The Morgan fingerprint density at radius 3 is 2.62 bits per heavy atom. The van der Waals surface area contributed by atoms with Gasteiger partial charge in [0.1, 0.15) is 5.82 Å². The Kier molecular flexibility index (Phi) is 4.66. The molecule has 0 spiro atoms. The molecule has 1 N–H and O–H groups in total. The Balaban J connectivity index is 1.83. The summed E-state index contributed by atoms with van der Waals surface area (Å²) in [5, 5.41) is 3.13. The number of anilines is 1. The first-order valence-electron chi connectivity index (χ1n) is 8.26. The third-order valence-corrected chi connectivity index (χ3v) is 4.48. The first-order chi connectivity index (χ1) is 11.6. The van der Waals surface area contributed by atoms with Gasteiger partial charge >= 0.3 is 0 Å². The molecule has 0 aromatic heterocycles. The maximum absolute atomic E-state index is 14.5. The summed E-state index contributed by atoms with van der Waals surface area (Å²) < 4.78 is 14.5. The molecule has 0 unspecified atom stereocenters. The van der Waals surface area contributed by atoms with Crippen molar-refractivity contribution in [2.24, 2.45) is 0 Å². The lowest BCUT2D eigenvalue weighted by atomic mass is 10.0. The maximum atomic E-state index is 14.5. The van der Waals surface area contributed by atoms with Crippen LogP contribution in [0.4, 0.5) is 10.1 Å². The second-order valence-corrected chi connectivity index (χ2v) is 6.23. The lowest BCUT2D eigenvalue weighted by molar-refractivity contribution is 0.632. The molecule has 0 atom stereocenters. The highest BCUT2D eigenvalue weighted by atomic mass is 19.1. The third-order valence-electron chi connectivity index (χ3n) is 4.48. The summed E-state index contributed by atoms with van der Waals surface area (Å²) in [6.07, 6.45) is 4.98. The van der Waals surface area contributed by atoms with Crippen molar-refractivity contribution in [1.82, 2.24) is 0 Å². The molecule has 3 rings (SSSR count). The Morgan fingerprint density at radius 2 is 1.92 bits per heavy atom. The molecule has 0 radical (unpaired) electrons. The molecule has 0 bridgehead atoms. The highest BCUT2D eigenvalue weighted by Crippen LogP contribution is 2.33. The molecule has 0 amide bonds. The normalized spacial score (nSPS) is 13.9. The van der Waals surface area contributed by atoms with Crippen molar-refractivity contribution in [2.45, 2.75) is 26.2 Å². The standard InChI is InChI=1S/C22H22FN/c1-4-17-8-6-10-20(17)16(3)24-22-12-11-19(14-21(22)23)18-9-5-7-15(2)13-18/h4-5,7,9,11-14,24H,1,3,6,8,10H2,2H3. The fourth-order valence-corrected chi connectivity index (χ4v) is 3.20. The molecule has 1 nitrogen and oxygen atoms in total. The van der Waals surface area contributed by atoms with E-state index in [2.05, 4.69) is 24.5 Å². The topological polar surface area (TPSA) is 12.0 Å². The van der Waals surface area contributed by atoms with Crippen LogP contribution in [0.2, 0.25) is 0 Å². The van der Waals surface area contributed by atoms with Crippen LogP contribution in [0.5, 0.6) is 0 Å². The van der Waals surface area contributed by atoms with Gasteiger partial charge in [0.15, 0.2) is 0 Å². The number of hydrogen-bond donors (Lipinski definition) is 1. The number of hydrogen-bond acceptors (Lipinski definition) is 1. The zero-order chi connectivity index (χ0) is 17.1. The van der Waals surface area contributed by atoms with Crippen molar-refractivity contribution in [3.05, 3.63) is 89.9 Å². The van der Waals surface area contributed by atoms with Gasteiger partial charge in [-0.05, 0) is 60.6 Å². The molecule has 0 aliphatic heterocycles. The van der Waals surface area contributed by atoms with E-state index < -0.39 is 0 Å². The van der Waals surface area contributed by atoms with Gasteiger partial charge in [0.25, 0.3) is 0 Å². The number of aryl methyl sites for hydroxylation is 1. The van der Waals surface area contributed by atoms with Crippen molar-refractivity contribution in [3.63, 3.8) is 0 Å². The summed E-state index contributed by atoms with van der Waals surface area (Å²) in [5.41, 5.74) is 6.65. The van der Waals surface area contributed by atoms with Crippen molar-refractivity contribution in [3.8, 4) is 11.1 Å². The van der Waals surface area contributed by atoms with Crippen LogP contribution in [0.15, 0.2) is 78.5 Å². The van der Waals surface area contributed by atoms with Crippen LogP contribution in [-0.2, 0) is 0 Å². The SMILES string of the molecule is C=CC1=C(C(=C)Nc2ccc(-c3cccc(C)c3)cc2F)CCC1. The van der Waals surface area contributed by atoms with Gasteiger partial charge in [0, 0.05) is 5.70 Å². The second-order valence-electron chi connectivity index (χ2n) is 6.23. The van der Waals surface area contributed by atoms with Gasteiger partial charge < -0.3 is 5.32 Å². The molecule has 24 heavy (non-hydrogen) atoms. The lowest BCUT2D eigenvalue weighted by Crippen LogP contribution is -2.03. The number of halogens is 1. The van der Waals surface area contributed by atoms with Crippen LogP contribution in [-0.4, -0.2) is 0 Å². The summed E-state index contributed by atoms with van der Waals surface area (Å²) in [6, 6.07) is 13.4. The first-order valence-corrected chi connectivity index (χ1v) is 8.26. The zero-order valence-corrected chi connectivity index (χ0v) is 14.0. The monoisotopic (exact) mass is 319 g/mol. The van der Waals surface area contributed by atoms with Crippen LogP contribution >= 0.6 is 0 Å². The van der Waals surface area contributed by atoms with Gasteiger partial charge in [-0.25, -0.2) is 4.39 Å². The van der Waals surface area contributed by atoms with Gasteiger partial charge in [-0.1, -0.05) is 55.1 Å². The van der Waals surface area contributed by atoms with Gasteiger partial charge in [-0.2, -0.15) is 0 Å². The van der Waals surface area contributed by atoms with Gasteiger partial charge in [-0.3, -0.25) is 0 Å². The number of allylic oxidation sites excluding steroid dienone is 3. The molecule has 1 aliphatic carbocycles. The van der Waals surface area contributed by atoms with Crippen molar-refractivity contribution in [2.75, 3.05) is 5.32 Å². The molecule has 2 heteroatoms. The molecule has 0 saturated carbocycles. The summed E-state index contributed by atoms with van der Waals surface area (Å²) in [7, 11) is 0. The summed E-state index contributed by atoms with van der Waals surface area (Å²) in [6.45, 7) is 9.97. The maximum Gasteiger partial charge on any atom is 0.147 e. The Hall–Kier alpha value is -2.61. The van der Waals surface area contributed by atoms with E-state index in [4.69, 9.17) is 0 Å². The predicted octanol–water partition coefficient (Wildman–Crippen LogP) is 6.39. The molecule has 0 fully saturated rings. The predicted molar refractivity (Wildman–Crippen MR) is 100 cm³/mol. The average Bonchev–Trinajstić information content (AvgIpc) is 3.05. The van der Waals surface area contributed by atoms with Crippen molar-refractivity contribution < 1.29 is 4.39 Å². The fraction of sp³-hybridized carbons (Fsp3) is 0.182. The Morgan fingerprint density at radius 1 is 1.12 bits per heavy atom. The van der Waals surface area contributed by atoms with Crippen LogP contribution < -0.4 is 5.32 Å². The molecular weight excluding hydrogens is 297 g/mol. The van der Waals surface area contributed by atoms with Gasteiger partial charge in [0.05, 0.1) is 5.69 Å². The highest BCUT2D eigenvalue weighted by molar-refractivity contribution is 5.68. The number of benzene rings is 2. The molecule has 0 saturated heterocycles. The minimum atomic E-state index is -0.270. The summed E-state index contributed by atoms with van der Waals surface area (Å²) >= 11 is 0. The molecule has 122 valence electrons. The second kappa shape index (κ2) is 6.88. The van der Waals surface area contributed by atoms with E-state index in [-0.39, 0.29) is 5.82 Å². The van der Waals surface area contributed by atoms with Crippen LogP contribution in [0.25, 0.3) is 11.1 Å². The van der Waals surface area contributed by atoms with E-state index in [9.17, 15) is 4.39 Å². The molecule has 0 heterocycles. The number of rotatable bonds is 5. The summed E-state index contributed by atoms with van der Waals surface area (Å²) in [4.78, 5) is 0. The van der Waals surface area contributed by atoms with E-state index in [0.717, 1.165) is 47.2 Å². The van der Waals surface area contributed by atoms with Crippen LogP contribution in [0.3, 0.4) is 0 Å². The molecular formula is C22H22FN. The number of nitrogens with one attached hydrogen (secondary N) is 1. The lowest BCUT2D eigenvalue weighted by Gasteiger charge is -2.14. The van der Waals surface area contributed by atoms with Gasteiger partial charge in [0.2, 0.25) is 0 Å². The first kappa shape index (κ1) is 16.3. The molecule has 2 aromatic rings. The molecule has 2 aromatic carbocycles. The Labute approximate surface area is 143 Å². The van der Waals surface area contributed by atoms with E-state index in [1.807, 2.05) is 37.3 Å². The van der Waals surface area contributed by atoms with Gasteiger partial charge in [-0.15, -0.1) is 0 Å². The third kappa shape index (κ3) is 3.33. The van der Waals surface area contributed by atoms with Crippen LogP contribution in [0, 0.1) is 12.7 Å². The largest absolute Gasteiger partial charge is 0.353 e. The fourth-order valence-electron chi connectivity index (χ4n) is 3.20. The highest BCUT2D eigenvalue weighted by Gasteiger charge is 2.16. The average molecular weight is 319 g/mol. The quantitative estimate of drug-likeness (QED) is 0.673. The summed E-state index contributed by atoms with van der Waals surface area (Å²) in [5.74, 6) is -0.270. The zero-order valence-electron chi connectivity index (χ0n) is 14.0.